The minimum atomic E-state index is 0.111. The molecule has 1 aliphatic heterocycles. The first kappa shape index (κ1) is 16.1. The van der Waals surface area contributed by atoms with Gasteiger partial charge in [0.05, 0.1) is 5.92 Å². The maximum atomic E-state index is 13.5. The lowest BCUT2D eigenvalue weighted by Gasteiger charge is -2.40. The van der Waals surface area contributed by atoms with Crippen LogP contribution in [0.3, 0.4) is 0 Å². The molecule has 1 aromatic rings. The van der Waals surface area contributed by atoms with Gasteiger partial charge in [0.25, 0.3) is 0 Å². The molecule has 3 heteroatoms. The second-order valence-electron chi connectivity index (χ2n) is 7.79. The van der Waals surface area contributed by atoms with Crippen LogP contribution >= 0.6 is 0 Å². The van der Waals surface area contributed by atoms with Crippen molar-refractivity contribution in [2.45, 2.75) is 69.9 Å². The average molecular weight is 326 g/mol. The van der Waals surface area contributed by atoms with Gasteiger partial charge in [-0.15, -0.1) is 0 Å². The van der Waals surface area contributed by atoms with Gasteiger partial charge < -0.3 is 9.80 Å². The molecule has 1 amide bonds. The number of carbonyl (C=O) groups excluding carboxylic acids is 1. The van der Waals surface area contributed by atoms with Crippen LogP contribution in [0.5, 0.6) is 0 Å². The van der Waals surface area contributed by atoms with E-state index in [0.29, 0.717) is 18.0 Å². The van der Waals surface area contributed by atoms with Gasteiger partial charge in [0, 0.05) is 25.2 Å². The number of piperidine rings is 1. The van der Waals surface area contributed by atoms with Crippen LogP contribution in [0.4, 0.5) is 0 Å². The molecule has 130 valence electrons. The Kier molecular flexibility index (Phi) is 4.62. The van der Waals surface area contributed by atoms with Gasteiger partial charge >= 0.3 is 0 Å². The maximum absolute atomic E-state index is 13.5. The Labute approximate surface area is 146 Å². The molecule has 3 nitrogen and oxygen atoms in total. The number of rotatable bonds is 4. The number of likely N-dealkylation sites (tertiary alicyclic amines) is 1. The quantitative estimate of drug-likeness (QED) is 0.844. The zero-order chi connectivity index (χ0) is 16.5. The molecular formula is C21H30N2O. The molecule has 0 aromatic heterocycles. The zero-order valence-electron chi connectivity index (χ0n) is 14.9. The number of benzene rings is 1. The lowest BCUT2D eigenvalue weighted by molar-refractivity contribution is -0.137. The van der Waals surface area contributed by atoms with Gasteiger partial charge in [0.2, 0.25) is 5.91 Å². The maximum Gasteiger partial charge on any atom is 0.230 e. The van der Waals surface area contributed by atoms with E-state index in [-0.39, 0.29) is 5.92 Å². The molecule has 2 fully saturated rings. The van der Waals surface area contributed by atoms with Crippen LogP contribution in [0.25, 0.3) is 0 Å². The van der Waals surface area contributed by atoms with Crippen LogP contribution in [-0.4, -0.2) is 47.4 Å². The third-order valence-corrected chi connectivity index (χ3v) is 6.26. The molecule has 2 aliphatic carbocycles. The summed E-state index contributed by atoms with van der Waals surface area (Å²) in [5.74, 6) is 0.541. The van der Waals surface area contributed by atoms with Gasteiger partial charge in [0.1, 0.15) is 0 Å². The van der Waals surface area contributed by atoms with E-state index in [1.807, 2.05) is 0 Å². The van der Waals surface area contributed by atoms with E-state index < -0.39 is 0 Å². The predicted molar refractivity (Wildman–Crippen MR) is 97.1 cm³/mol. The largest absolute Gasteiger partial charge is 0.336 e. The average Bonchev–Trinajstić information content (AvgIpc) is 3.47. The normalized spacial score (nSPS) is 25.3. The first-order valence-corrected chi connectivity index (χ1v) is 9.90. The first-order chi connectivity index (χ1) is 11.8. The Morgan fingerprint density at radius 2 is 1.79 bits per heavy atom. The smallest absolute Gasteiger partial charge is 0.230 e. The summed E-state index contributed by atoms with van der Waals surface area (Å²) in [6.45, 7) is 5.68. The Bertz CT molecular complexity index is 587. The highest BCUT2D eigenvalue weighted by atomic mass is 16.2. The van der Waals surface area contributed by atoms with E-state index in [4.69, 9.17) is 0 Å². The lowest BCUT2D eigenvalue weighted by Crippen LogP contribution is -2.50. The number of nitrogens with zero attached hydrogens (tertiary/aromatic N) is 2. The highest BCUT2D eigenvalue weighted by Crippen LogP contribution is 2.38. The number of hydrogen-bond donors (Lipinski definition) is 0. The molecule has 1 saturated heterocycles. The van der Waals surface area contributed by atoms with E-state index in [1.54, 1.807) is 0 Å². The minimum Gasteiger partial charge on any atom is -0.336 e. The second kappa shape index (κ2) is 6.87. The molecule has 0 unspecified atom stereocenters. The van der Waals surface area contributed by atoms with Gasteiger partial charge in [0.15, 0.2) is 0 Å². The van der Waals surface area contributed by atoms with Crippen LogP contribution in [0.15, 0.2) is 24.3 Å². The fourth-order valence-electron chi connectivity index (χ4n) is 4.71. The van der Waals surface area contributed by atoms with Crippen molar-refractivity contribution in [3.8, 4) is 0 Å². The number of amides is 1. The van der Waals surface area contributed by atoms with Crippen molar-refractivity contribution in [2.24, 2.45) is 0 Å². The molecule has 0 radical (unpaired) electrons. The summed E-state index contributed by atoms with van der Waals surface area (Å²) >= 11 is 0. The van der Waals surface area contributed by atoms with E-state index in [2.05, 4.69) is 41.0 Å². The standard InChI is InChI=1S/C21H30N2O/c1-2-22-14-12-18(13-15-22)23(17-10-11-17)21(24)20-9-5-7-16-6-3-4-8-19(16)20/h3-4,6,8,17-18,20H,2,5,7,9-15H2,1H3/t20-/m0/s1. The molecule has 0 N–H and O–H groups in total. The summed E-state index contributed by atoms with van der Waals surface area (Å²) < 4.78 is 0. The van der Waals surface area contributed by atoms with Gasteiger partial charge in [-0.3, -0.25) is 4.79 Å². The highest BCUT2D eigenvalue weighted by Gasteiger charge is 2.41. The van der Waals surface area contributed by atoms with Crippen LogP contribution < -0.4 is 0 Å². The van der Waals surface area contributed by atoms with Gasteiger partial charge in [-0.25, -0.2) is 0 Å². The van der Waals surface area contributed by atoms with Crippen LogP contribution in [0.1, 0.15) is 62.5 Å². The van der Waals surface area contributed by atoms with E-state index >= 15 is 0 Å². The Hall–Kier alpha value is -1.35. The molecule has 1 aromatic carbocycles. The molecule has 0 spiro atoms. The summed E-state index contributed by atoms with van der Waals surface area (Å²) in [5, 5.41) is 0. The Balaban J connectivity index is 1.53. The highest BCUT2D eigenvalue weighted by molar-refractivity contribution is 5.85. The zero-order valence-corrected chi connectivity index (χ0v) is 14.9. The molecule has 1 heterocycles. The van der Waals surface area contributed by atoms with Crippen molar-refractivity contribution >= 4 is 5.91 Å². The molecule has 1 atom stereocenters. The van der Waals surface area contributed by atoms with Gasteiger partial charge in [-0.1, -0.05) is 31.2 Å². The van der Waals surface area contributed by atoms with E-state index in [0.717, 1.165) is 51.7 Å². The van der Waals surface area contributed by atoms with Crippen molar-refractivity contribution in [2.75, 3.05) is 19.6 Å². The molecule has 24 heavy (non-hydrogen) atoms. The van der Waals surface area contributed by atoms with Gasteiger partial charge in [-0.05, 0) is 62.6 Å². The van der Waals surface area contributed by atoms with Crippen molar-refractivity contribution in [3.05, 3.63) is 35.4 Å². The summed E-state index contributed by atoms with van der Waals surface area (Å²) in [7, 11) is 0. The van der Waals surface area contributed by atoms with Crippen LogP contribution in [-0.2, 0) is 11.2 Å². The first-order valence-electron chi connectivity index (χ1n) is 9.90. The monoisotopic (exact) mass is 326 g/mol. The molecular weight excluding hydrogens is 296 g/mol. The molecule has 0 bridgehead atoms. The third-order valence-electron chi connectivity index (χ3n) is 6.26. The molecule has 1 saturated carbocycles. The number of hydrogen-bond acceptors (Lipinski definition) is 2. The van der Waals surface area contributed by atoms with Crippen molar-refractivity contribution in [3.63, 3.8) is 0 Å². The van der Waals surface area contributed by atoms with Crippen LogP contribution in [0.2, 0.25) is 0 Å². The second-order valence-corrected chi connectivity index (χ2v) is 7.79. The fourth-order valence-corrected chi connectivity index (χ4v) is 4.71. The third kappa shape index (κ3) is 3.11. The van der Waals surface area contributed by atoms with Crippen LogP contribution in [0, 0.1) is 0 Å². The van der Waals surface area contributed by atoms with Gasteiger partial charge in [-0.2, -0.15) is 0 Å². The van der Waals surface area contributed by atoms with E-state index in [1.165, 1.54) is 24.0 Å². The predicted octanol–water partition coefficient (Wildman–Crippen LogP) is 3.58. The number of carbonyl (C=O) groups is 1. The summed E-state index contributed by atoms with van der Waals surface area (Å²) in [6.07, 6.45) is 8.07. The summed E-state index contributed by atoms with van der Waals surface area (Å²) in [5.41, 5.74) is 2.71. The summed E-state index contributed by atoms with van der Waals surface area (Å²) in [4.78, 5) is 18.4. The Morgan fingerprint density at radius 1 is 1.08 bits per heavy atom. The van der Waals surface area contributed by atoms with Crippen molar-refractivity contribution in [1.29, 1.82) is 0 Å². The fraction of sp³-hybridized carbons (Fsp3) is 0.667. The minimum absolute atomic E-state index is 0.111. The molecule has 3 aliphatic rings. The van der Waals surface area contributed by atoms with Crippen molar-refractivity contribution in [1.82, 2.24) is 9.80 Å². The number of aryl methyl sites for hydroxylation is 1. The topological polar surface area (TPSA) is 23.6 Å². The lowest BCUT2D eigenvalue weighted by atomic mass is 9.81. The van der Waals surface area contributed by atoms with E-state index in [9.17, 15) is 4.79 Å². The SMILES string of the molecule is CCN1CCC(N(C(=O)[C@H]2CCCc3ccccc32)C2CC2)CC1. The summed E-state index contributed by atoms with van der Waals surface area (Å²) in [6, 6.07) is 9.64. The Morgan fingerprint density at radius 3 is 2.50 bits per heavy atom. The number of fused-ring (bicyclic) bond motifs is 1. The van der Waals surface area contributed by atoms with Crippen molar-refractivity contribution < 1.29 is 4.79 Å². The molecule has 4 rings (SSSR count).